The molecule has 0 saturated carbocycles. The van der Waals surface area contributed by atoms with E-state index in [4.69, 9.17) is 0 Å². The van der Waals surface area contributed by atoms with Gasteiger partial charge in [-0.3, -0.25) is 9.69 Å². The van der Waals surface area contributed by atoms with Crippen molar-refractivity contribution in [2.45, 2.75) is 50.1 Å². The maximum atomic E-state index is 13.6. The Labute approximate surface area is 234 Å². The lowest BCUT2D eigenvalue weighted by atomic mass is 9.84. The van der Waals surface area contributed by atoms with Gasteiger partial charge in [-0.2, -0.15) is 26.3 Å². The van der Waals surface area contributed by atoms with Gasteiger partial charge >= 0.3 is 12.4 Å². The molecule has 10 heteroatoms. The molecule has 3 aromatic rings. The van der Waals surface area contributed by atoms with Crippen LogP contribution in [0.1, 0.15) is 59.2 Å². The van der Waals surface area contributed by atoms with E-state index in [1.165, 1.54) is 5.56 Å². The van der Waals surface area contributed by atoms with Crippen LogP contribution in [0, 0.1) is 5.92 Å². The number of carbonyl (C=O) groups excluding carboxylic acids is 1. The van der Waals surface area contributed by atoms with Gasteiger partial charge in [0, 0.05) is 12.3 Å². The average Bonchev–Trinajstić information content (AvgIpc) is 3.27. The van der Waals surface area contributed by atoms with Crippen molar-refractivity contribution >= 4 is 11.5 Å². The number of benzene rings is 3. The van der Waals surface area contributed by atoms with E-state index in [1.54, 1.807) is 0 Å². The van der Waals surface area contributed by atoms with Crippen LogP contribution in [-0.2, 0) is 23.6 Å². The second-order valence-corrected chi connectivity index (χ2v) is 10.7. The highest BCUT2D eigenvalue weighted by atomic mass is 19.4. The zero-order valence-electron chi connectivity index (χ0n) is 22.4. The summed E-state index contributed by atoms with van der Waals surface area (Å²) in [5, 5.41) is 4.66. The molecule has 1 fully saturated rings. The summed E-state index contributed by atoms with van der Waals surface area (Å²) in [6.45, 7) is 1.26. The molecule has 0 amide bonds. The number of azo groups is 2. The van der Waals surface area contributed by atoms with Crippen molar-refractivity contribution < 1.29 is 35.8 Å². The quantitative estimate of drug-likeness (QED) is 0.211. The van der Waals surface area contributed by atoms with Gasteiger partial charge in [-0.25, -0.2) is 0 Å². The standard InChI is InChI=1S/C31H30F6N3O/c1-39-28(25-9-5-6-10-26(25)38-39)22-13-15-40(16-14-22)29(21-7-3-2-4-8-21)27(41)12-11-20-17-23(30(32,33)34)19-24(18-20)31(35,36)37/h2-10,17-19,22,28-29H,11-16H2,1H3/q+1. The zero-order valence-corrected chi connectivity index (χ0v) is 22.4. The second-order valence-electron chi connectivity index (χ2n) is 10.7. The van der Waals surface area contributed by atoms with Crippen LogP contribution in [0.3, 0.4) is 0 Å². The number of hydrogen-bond donors (Lipinski definition) is 0. The number of halogens is 6. The van der Waals surface area contributed by atoms with Gasteiger partial charge in [-0.15, -0.1) is 4.70 Å². The molecule has 0 radical (unpaired) electrons. The molecule has 2 atom stereocenters. The Morgan fingerprint density at radius 1 is 0.902 bits per heavy atom. The van der Waals surface area contributed by atoms with Gasteiger partial charge in [0.1, 0.15) is 5.69 Å². The third-order valence-electron chi connectivity index (χ3n) is 8.04. The maximum Gasteiger partial charge on any atom is 0.416 e. The van der Waals surface area contributed by atoms with Crippen LogP contribution in [0.25, 0.3) is 0 Å². The van der Waals surface area contributed by atoms with Crippen LogP contribution in [0.2, 0.25) is 0 Å². The predicted octanol–water partition coefficient (Wildman–Crippen LogP) is 8.16. The summed E-state index contributed by atoms with van der Waals surface area (Å²) < 4.78 is 82.0. The minimum atomic E-state index is -4.93. The molecule has 1 saturated heterocycles. The van der Waals surface area contributed by atoms with Crippen molar-refractivity contribution in [2.24, 2.45) is 11.0 Å². The molecule has 2 aliphatic heterocycles. The second kappa shape index (κ2) is 11.4. The molecule has 0 N–H and O–H groups in total. The summed E-state index contributed by atoms with van der Waals surface area (Å²) in [5.74, 6) is 0.0834. The molecule has 5 rings (SSSR count). The summed E-state index contributed by atoms with van der Waals surface area (Å²) in [6, 6.07) is 18.2. The monoisotopic (exact) mass is 574 g/mol. The largest absolute Gasteiger partial charge is 0.416 e. The van der Waals surface area contributed by atoms with Crippen LogP contribution in [0.5, 0.6) is 0 Å². The zero-order chi connectivity index (χ0) is 29.4. The fraction of sp³-hybridized carbons (Fsp3) is 0.387. The van der Waals surface area contributed by atoms with Crippen molar-refractivity contribution in [3.63, 3.8) is 0 Å². The van der Waals surface area contributed by atoms with Crippen LogP contribution in [0.15, 0.2) is 77.9 Å². The number of piperidine rings is 1. The van der Waals surface area contributed by atoms with Crippen LogP contribution >= 0.6 is 0 Å². The first-order valence-electron chi connectivity index (χ1n) is 13.6. The number of rotatable bonds is 7. The molecule has 0 spiro atoms. The predicted molar refractivity (Wildman–Crippen MR) is 141 cm³/mol. The summed E-state index contributed by atoms with van der Waals surface area (Å²) >= 11 is 0. The van der Waals surface area contributed by atoms with Crippen LogP contribution < -0.4 is 0 Å². The van der Waals surface area contributed by atoms with Crippen molar-refractivity contribution in [1.82, 2.24) is 4.90 Å². The minimum absolute atomic E-state index is 0.107. The number of ketones is 1. The maximum absolute atomic E-state index is 13.6. The van der Waals surface area contributed by atoms with E-state index < -0.39 is 29.5 Å². The lowest BCUT2D eigenvalue weighted by Crippen LogP contribution is -2.42. The Morgan fingerprint density at radius 3 is 2.10 bits per heavy atom. The molecule has 3 aromatic carbocycles. The molecule has 0 aliphatic carbocycles. The number of hydrogen-bond acceptors (Lipinski definition) is 3. The van der Waals surface area contributed by atoms with E-state index in [1.807, 2.05) is 60.3 Å². The summed E-state index contributed by atoms with van der Waals surface area (Å²) in [5.41, 5.74) is -0.0122. The number of carbonyl (C=O) groups is 1. The van der Waals surface area contributed by atoms with Gasteiger partial charge < -0.3 is 0 Å². The van der Waals surface area contributed by atoms with Crippen molar-refractivity contribution in [3.05, 3.63) is 101 Å². The van der Waals surface area contributed by atoms with Gasteiger partial charge in [0.2, 0.25) is 6.04 Å². The van der Waals surface area contributed by atoms with E-state index in [0.29, 0.717) is 31.1 Å². The molecule has 0 aromatic heterocycles. The van der Waals surface area contributed by atoms with E-state index >= 15 is 0 Å². The summed E-state index contributed by atoms with van der Waals surface area (Å²) in [4.78, 5) is 15.7. The van der Waals surface area contributed by atoms with Gasteiger partial charge in [0.15, 0.2) is 12.8 Å². The molecular weight excluding hydrogens is 544 g/mol. The van der Waals surface area contributed by atoms with E-state index in [0.717, 1.165) is 24.1 Å². The Balaban J connectivity index is 1.33. The molecule has 0 bridgehead atoms. The van der Waals surface area contributed by atoms with Gasteiger partial charge in [-0.1, -0.05) is 42.5 Å². The number of fused-ring (bicyclic) bond motifs is 1. The molecule has 2 aliphatic rings. The molecule has 2 unspecified atom stereocenters. The molecular formula is C31H30F6N3O+. The van der Waals surface area contributed by atoms with Gasteiger partial charge in [0.25, 0.3) is 0 Å². The fourth-order valence-corrected chi connectivity index (χ4v) is 6.12. The Hall–Kier alpha value is -3.53. The number of aryl methyl sites for hydroxylation is 1. The fourth-order valence-electron chi connectivity index (χ4n) is 6.12. The van der Waals surface area contributed by atoms with Gasteiger partial charge in [-0.05, 0) is 78.9 Å². The SMILES string of the molecule is C[N+]1=Nc2ccccc2C1C1CCN(C(C(=O)CCc2cc(C(F)(F)F)cc(C(F)(F)F)c2)c2ccccc2)CC1. The third kappa shape index (κ3) is 6.37. The third-order valence-corrected chi connectivity index (χ3v) is 8.04. The average molecular weight is 575 g/mol. The Kier molecular flexibility index (Phi) is 8.05. The summed E-state index contributed by atoms with van der Waals surface area (Å²) in [6.07, 6.45) is -8.64. The van der Waals surface area contributed by atoms with Crippen molar-refractivity contribution in [3.8, 4) is 0 Å². The number of nitrogens with zero attached hydrogens (tertiary/aromatic N) is 3. The van der Waals surface area contributed by atoms with E-state index in [-0.39, 0.29) is 36.3 Å². The van der Waals surface area contributed by atoms with E-state index in [2.05, 4.69) is 16.1 Å². The lowest BCUT2D eigenvalue weighted by Gasteiger charge is -2.37. The molecule has 4 nitrogen and oxygen atoms in total. The molecule has 2 heterocycles. The number of likely N-dealkylation sites (tertiary alicyclic amines) is 1. The van der Waals surface area contributed by atoms with Crippen LogP contribution in [0.4, 0.5) is 32.0 Å². The summed E-state index contributed by atoms with van der Waals surface area (Å²) in [7, 11) is 1.96. The number of Topliss-reactive ketones (excluding diaryl/α,β-unsaturated/α-hetero) is 1. The topological polar surface area (TPSA) is 35.7 Å². The molecule has 41 heavy (non-hydrogen) atoms. The smallest absolute Gasteiger partial charge is 0.298 e. The highest BCUT2D eigenvalue weighted by Gasteiger charge is 2.42. The highest BCUT2D eigenvalue weighted by Crippen LogP contribution is 2.43. The molecule has 216 valence electrons. The lowest BCUT2D eigenvalue weighted by molar-refractivity contribution is -0.607. The Bertz CT molecular complexity index is 1390. The normalized spacial score (nSPS) is 19.1. The first-order chi connectivity index (χ1) is 19.4. The van der Waals surface area contributed by atoms with Gasteiger partial charge in [0.05, 0.1) is 22.7 Å². The highest BCUT2D eigenvalue weighted by molar-refractivity contribution is 5.85. The number of alkyl halides is 6. The Morgan fingerprint density at radius 2 is 1.49 bits per heavy atom. The van der Waals surface area contributed by atoms with Crippen molar-refractivity contribution in [2.75, 3.05) is 20.1 Å². The van der Waals surface area contributed by atoms with E-state index in [9.17, 15) is 31.1 Å². The van der Waals surface area contributed by atoms with Crippen molar-refractivity contribution in [1.29, 1.82) is 0 Å². The first kappa shape index (κ1) is 29.0. The van der Waals surface area contributed by atoms with Crippen LogP contribution in [-0.4, -0.2) is 35.5 Å². The minimum Gasteiger partial charge on any atom is -0.298 e. The first-order valence-corrected chi connectivity index (χ1v) is 13.6.